The third kappa shape index (κ3) is 9.24. The molecule has 0 aliphatic heterocycles. The molecule has 0 bridgehead atoms. The number of hydrogen-bond donors (Lipinski definition) is 2. The summed E-state index contributed by atoms with van der Waals surface area (Å²) >= 11 is 0. The molecule has 1 atom stereocenters. The van der Waals surface area contributed by atoms with Crippen LogP contribution in [0.5, 0.6) is 0 Å². The molecule has 0 amide bonds. The first kappa shape index (κ1) is 19.5. The average molecular weight is 320 g/mol. The van der Waals surface area contributed by atoms with Gasteiger partial charge in [-0.3, -0.25) is 0 Å². The minimum atomic E-state index is -0.296. The summed E-state index contributed by atoms with van der Waals surface area (Å²) in [5, 5.41) is 3.40. The predicted octanol–water partition coefficient (Wildman–Crippen LogP) is 4.15. The number of ether oxygens (including phenoxy) is 1. The van der Waals surface area contributed by atoms with E-state index in [0.29, 0.717) is 30.4 Å². The minimum absolute atomic E-state index is 0.296. The molecule has 1 aromatic carbocycles. The molecule has 1 aromatic rings. The first-order chi connectivity index (χ1) is 11.1. The monoisotopic (exact) mass is 320 g/mol. The third-order valence-corrected chi connectivity index (χ3v) is 3.97. The zero-order valence-corrected chi connectivity index (χ0v) is 14.6. The number of unbranched alkanes of at least 4 members (excludes halogenated alkanes) is 5. The maximum Gasteiger partial charge on any atom is 0.338 e. The van der Waals surface area contributed by atoms with E-state index in [2.05, 4.69) is 19.2 Å². The van der Waals surface area contributed by atoms with Crippen LogP contribution in [0.2, 0.25) is 0 Å². The van der Waals surface area contributed by atoms with Crippen molar-refractivity contribution in [2.75, 3.05) is 18.9 Å². The molecule has 0 heterocycles. The summed E-state index contributed by atoms with van der Waals surface area (Å²) in [6, 6.07) is 7.25. The van der Waals surface area contributed by atoms with E-state index < -0.39 is 0 Å². The smallest absolute Gasteiger partial charge is 0.338 e. The van der Waals surface area contributed by atoms with Crippen molar-refractivity contribution in [2.24, 2.45) is 0 Å². The Hall–Kier alpha value is -1.55. The fraction of sp³-hybridized carbons (Fsp3) is 0.632. The van der Waals surface area contributed by atoms with Crippen LogP contribution in [0, 0.1) is 0 Å². The Morgan fingerprint density at radius 3 is 2.48 bits per heavy atom. The van der Waals surface area contributed by atoms with Crippen molar-refractivity contribution < 1.29 is 9.53 Å². The Morgan fingerprint density at radius 1 is 1.13 bits per heavy atom. The van der Waals surface area contributed by atoms with Crippen LogP contribution in [-0.2, 0) is 4.74 Å². The van der Waals surface area contributed by atoms with Crippen molar-refractivity contribution in [3.05, 3.63) is 29.8 Å². The summed E-state index contributed by atoms with van der Waals surface area (Å²) in [5.41, 5.74) is 6.78. The van der Waals surface area contributed by atoms with Crippen molar-refractivity contribution in [1.82, 2.24) is 5.32 Å². The quantitative estimate of drug-likeness (QED) is 0.345. The maximum absolute atomic E-state index is 11.8. The van der Waals surface area contributed by atoms with E-state index in [-0.39, 0.29) is 5.97 Å². The molecule has 0 radical (unpaired) electrons. The number of benzene rings is 1. The molecule has 23 heavy (non-hydrogen) atoms. The molecule has 0 unspecified atom stereocenters. The van der Waals surface area contributed by atoms with Gasteiger partial charge < -0.3 is 15.8 Å². The minimum Gasteiger partial charge on any atom is -0.461 e. The summed E-state index contributed by atoms with van der Waals surface area (Å²) in [6.07, 6.45) is 9.12. The van der Waals surface area contributed by atoms with Gasteiger partial charge in [-0.15, -0.1) is 0 Å². The number of nitrogens with one attached hydrogen (secondary N) is 1. The first-order valence-electron chi connectivity index (χ1n) is 8.89. The second-order valence-corrected chi connectivity index (χ2v) is 6.17. The van der Waals surface area contributed by atoms with Gasteiger partial charge in [0.05, 0.1) is 5.56 Å². The van der Waals surface area contributed by atoms with Crippen LogP contribution in [0.4, 0.5) is 5.69 Å². The largest absolute Gasteiger partial charge is 0.461 e. The highest BCUT2D eigenvalue weighted by Gasteiger charge is 2.07. The van der Waals surface area contributed by atoms with E-state index in [4.69, 9.17) is 10.5 Å². The molecule has 3 N–H and O–H groups in total. The molecule has 130 valence electrons. The highest BCUT2D eigenvalue weighted by molar-refractivity contribution is 5.89. The number of carbonyl (C=O) groups is 1. The van der Waals surface area contributed by atoms with E-state index >= 15 is 0 Å². The van der Waals surface area contributed by atoms with Crippen LogP contribution in [0.25, 0.3) is 0 Å². The van der Waals surface area contributed by atoms with Gasteiger partial charge in [-0.1, -0.05) is 45.4 Å². The topological polar surface area (TPSA) is 64.3 Å². The van der Waals surface area contributed by atoms with Crippen LogP contribution >= 0.6 is 0 Å². The summed E-state index contributed by atoms with van der Waals surface area (Å²) in [4.78, 5) is 11.8. The Morgan fingerprint density at radius 2 is 1.78 bits per heavy atom. The molecule has 0 saturated carbocycles. The number of anilines is 1. The van der Waals surface area contributed by atoms with Crippen molar-refractivity contribution in [3.8, 4) is 0 Å². The lowest BCUT2D eigenvalue weighted by Gasteiger charge is -2.13. The molecule has 1 rings (SSSR count). The van der Waals surface area contributed by atoms with Gasteiger partial charge in [-0.05, 0) is 37.6 Å². The molecule has 0 aliphatic rings. The molecule has 0 aromatic heterocycles. The van der Waals surface area contributed by atoms with Crippen molar-refractivity contribution >= 4 is 11.7 Å². The summed E-state index contributed by atoms with van der Waals surface area (Å²) < 4.78 is 5.25. The zero-order valence-electron chi connectivity index (χ0n) is 14.6. The lowest BCUT2D eigenvalue weighted by molar-refractivity contribution is 0.0506. The van der Waals surface area contributed by atoms with Gasteiger partial charge in [0.1, 0.15) is 6.61 Å². The molecular formula is C19H32N2O2. The van der Waals surface area contributed by atoms with Gasteiger partial charge >= 0.3 is 5.97 Å². The molecule has 0 fully saturated rings. The predicted molar refractivity (Wildman–Crippen MR) is 96.6 cm³/mol. The Labute approximate surface area is 140 Å². The maximum atomic E-state index is 11.8. The van der Waals surface area contributed by atoms with Crippen LogP contribution in [0.1, 0.15) is 69.2 Å². The zero-order chi connectivity index (χ0) is 16.9. The van der Waals surface area contributed by atoms with E-state index in [1.54, 1.807) is 24.3 Å². The second-order valence-electron chi connectivity index (χ2n) is 6.17. The fourth-order valence-electron chi connectivity index (χ4n) is 2.48. The van der Waals surface area contributed by atoms with Crippen LogP contribution < -0.4 is 11.1 Å². The summed E-state index contributed by atoms with van der Waals surface area (Å²) in [6.45, 7) is 5.52. The van der Waals surface area contributed by atoms with E-state index in [0.717, 1.165) is 0 Å². The number of nitrogen functional groups attached to an aromatic ring is 1. The number of carbonyl (C=O) groups excluding carboxylic acids is 1. The van der Waals surface area contributed by atoms with Crippen LogP contribution in [-0.4, -0.2) is 25.2 Å². The molecule has 4 heteroatoms. The summed E-state index contributed by atoms with van der Waals surface area (Å²) in [5.74, 6) is -0.296. The van der Waals surface area contributed by atoms with Crippen LogP contribution in [0.3, 0.4) is 0 Å². The lowest BCUT2D eigenvalue weighted by atomic mass is 10.1. The number of nitrogens with two attached hydrogens (primary N) is 1. The number of rotatable bonds is 12. The Kier molecular flexibility index (Phi) is 10.1. The van der Waals surface area contributed by atoms with Gasteiger partial charge in [0.25, 0.3) is 0 Å². The SMILES string of the molecule is CCCCCCCC[C@@H](C)NCCOC(=O)c1ccc(N)cc1. The van der Waals surface area contributed by atoms with Crippen LogP contribution in [0.15, 0.2) is 24.3 Å². The third-order valence-electron chi connectivity index (χ3n) is 3.97. The number of esters is 1. The van der Waals surface area contributed by atoms with Gasteiger partial charge in [0, 0.05) is 18.3 Å². The van der Waals surface area contributed by atoms with E-state index in [1.165, 1.54) is 44.9 Å². The van der Waals surface area contributed by atoms with Crippen molar-refractivity contribution in [2.45, 2.75) is 64.8 Å². The van der Waals surface area contributed by atoms with Crippen molar-refractivity contribution in [3.63, 3.8) is 0 Å². The normalized spacial score (nSPS) is 12.1. The molecule has 0 aliphatic carbocycles. The standard InChI is InChI=1S/C19H32N2O2/c1-3-4-5-6-7-8-9-16(2)21-14-15-23-19(22)17-10-12-18(20)13-11-17/h10-13,16,21H,3-9,14-15,20H2,1-2H3/t16-/m1/s1. The Balaban J connectivity index is 2.03. The highest BCUT2D eigenvalue weighted by atomic mass is 16.5. The second kappa shape index (κ2) is 11.9. The van der Waals surface area contributed by atoms with Gasteiger partial charge in [0.15, 0.2) is 0 Å². The first-order valence-corrected chi connectivity index (χ1v) is 8.89. The van der Waals surface area contributed by atoms with E-state index in [9.17, 15) is 4.79 Å². The van der Waals surface area contributed by atoms with Gasteiger partial charge in [-0.2, -0.15) is 0 Å². The van der Waals surface area contributed by atoms with E-state index in [1.807, 2.05) is 0 Å². The lowest BCUT2D eigenvalue weighted by Crippen LogP contribution is -2.30. The van der Waals surface area contributed by atoms with Crippen molar-refractivity contribution in [1.29, 1.82) is 0 Å². The molecule has 0 spiro atoms. The highest BCUT2D eigenvalue weighted by Crippen LogP contribution is 2.09. The molecule has 4 nitrogen and oxygen atoms in total. The van der Waals surface area contributed by atoms with Gasteiger partial charge in [-0.25, -0.2) is 4.79 Å². The molecular weight excluding hydrogens is 288 g/mol. The Bertz CT molecular complexity index is 432. The average Bonchev–Trinajstić information content (AvgIpc) is 2.55. The van der Waals surface area contributed by atoms with Gasteiger partial charge in [0.2, 0.25) is 0 Å². The summed E-state index contributed by atoms with van der Waals surface area (Å²) in [7, 11) is 0. The number of hydrogen-bond acceptors (Lipinski definition) is 4. The fourth-order valence-corrected chi connectivity index (χ4v) is 2.48. The molecule has 0 saturated heterocycles.